The quantitative estimate of drug-likeness (QED) is 0.605. The first kappa shape index (κ1) is 22.5. The van der Waals surface area contributed by atoms with Crippen LogP contribution in [0.4, 0.5) is 5.82 Å². The average Bonchev–Trinajstić information content (AvgIpc) is 3.65. The molecule has 2 saturated heterocycles. The van der Waals surface area contributed by atoms with E-state index < -0.39 is 5.60 Å². The van der Waals surface area contributed by atoms with Gasteiger partial charge in [-0.25, -0.2) is 9.50 Å². The highest BCUT2D eigenvalue weighted by Crippen LogP contribution is 2.39. The van der Waals surface area contributed by atoms with Gasteiger partial charge < -0.3 is 19.4 Å². The summed E-state index contributed by atoms with van der Waals surface area (Å²) in [6.07, 6.45) is 9.27. The maximum atomic E-state index is 13.5. The number of amides is 1. The molecule has 35 heavy (non-hydrogen) atoms. The Hall–Kier alpha value is -2.94. The number of piperidine rings is 1. The summed E-state index contributed by atoms with van der Waals surface area (Å²) in [4.78, 5) is 22.7. The van der Waals surface area contributed by atoms with E-state index in [2.05, 4.69) is 23.9 Å². The van der Waals surface area contributed by atoms with E-state index in [4.69, 9.17) is 14.6 Å². The highest BCUT2D eigenvalue weighted by atomic mass is 16.5. The van der Waals surface area contributed by atoms with Gasteiger partial charge in [-0.3, -0.25) is 4.79 Å². The van der Waals surface area contributed by atoms with Gasteiger partial charge in [0.1, 0.15) is 11.4 Å². The molecule has 1 aliphatic carbocycles. The predicted molar refractivity (Wildman–Crippen MR) is 130 cm³/mol. The van der Waals surface area contributed by atoms with Crippen molar-refractivity contribution in [1.82, 2.24) is 24.7 Å². The van der Waals surface area contributed by atoms with Crippen LogP contribution in [0, 0.1) is 12.8 Å². The number of hydrogen-bond acceptors (Lipinski definition) is 7. The maximum absolute atomic E-state index is 13.5. The van der Waals surface area contributed by atoms with Gasteiger partial charge in [-0.15, -0.1) is 0 Å². The summed E-state index contributed by atoms with van der Waals surface area (Å²) in [5, 5.41) is 19.7. The summed E-state index contributed by atoms with van der Waals surface area (Å²) in [7, 11) is 0. The molecule has 3 aromatic heterocycles. The predicted octanol–water partition coefficient (Wildman–Crippen LogP) is 4.00. The molecule has 3 fully saturated rings. The molecular weight excluding hydrogens is 444 g/mol. The van der Waals surface area contributed by atoms with E-state index >= 15 is 0 Å². The Labute approximate surface area is 205 Å². The first-order chi connectivity index (χ1) is 16.9. The zero-order valence-electron chi connectivity index (χ0n) is 20.6. The molecule has 9 heteroatoms. The van der Waals surface area contributed by atoms with Crippen LogP contribution in [-0.2, 0) is 5.60 Å². The van der Waals surface area contributed by atoms with Crippen LogP contribution in [0.25, 0.3) is 5.65 Å². The maximum Gasteiger partial charge on any atom is 0.276 e. The number of aliphatic hydroxyl groups is 1. The number of rotatable bonds is 4. The van der Waals surface area contributed by atoms with E-state index in [9.17, 15) is 9.90 Å². The number of hydrogen-bond donors (Lipinski definition) is 1. The molecule has 3 aliphatic rings. The van der Waals surface area contributed by atoms with Crippen molar-refractivity contribution in [2.24, 2.45) is 5.92 Å². The summed E-state index contributed by atoms with van der Waals surface area (Å²) >= 11 is 0. The van der Waals surface area contributed by atoms with E-state index in [0.29, 0.717) is 31.1 Å². The SMILES string of the molecule is Cc1cn2nc([C@@H]3CCCCN3C(=O)c3cc(C4(O)CCCC4)on3)cc2nc1N1CC[C@H](C)C1. The van der Waals surface area contributed by atoms with Crippen LogP contribution in [0.3, 0.4) is 0 Å². The van der Waals surface area contributed by atoms with Crippen molar-refractivity contribution in [2.75, 3.05) is 24.5 Å². The molecule has 2 aliphatic heterocycles. The van der Waals surface area contributed by atoms with E-state index in [0.717, 1.165) is 67.9 Å². The van der Waals surface area contributed by atoms with Crippen LogP contribution in [0.1, 0.15) is 91.8 Å². The van der Waals surface area contributed by atoms with Crippen LogP contribution < -0.4 is 4.90 Å². The van der Waals surface area contributed by atoms with Crippen molar-refractivity contribution in [3.05, 3.63) is 41.0 Å². The van der Waals surface area contributed by atoms with Crippen molar-refractivity contribution in [2.45, 2.75) is 76.9 Å². The first-order valence-corrected chi connectivity index (χ1v) is 13.0. The molecular formula is C26H34N6O3. The third-order valence-corrected chi connectivity index (χ3v) is 8.07. The third kappa shape index (κ3) is 3.99. The fourth-order valence-corrected chi connectivity index (χ4v) is 6.06. The molecule has 3 aromatic rings. The van der Waals surface area contributed by atoms with Gasteiger partial charge in [0.15, 0.2) is 17.1 Å². The number of aromatic nitrogens is 4. The van der Waals surface area contributed by atoms with E-state index in [1.54, 1.807) is 6.07 Å². The Morgan fingerprint density at radius 3 is 2.74 bits per heavy atom. The fourth-order valence-electron chi connectivity index (χ4n) is 6.06. The summed E-state index contributed by atoms with van der Waals surface area (Å²) < 4.78 is 7.30. The lowest BCUT2D eigenvalue weighted by Gasteiger charge is -2.34. The molecule has 0 aromatic carbocycles. The van der Waals surface area contributed by atoms with Crippen LogP contribution in [-0.4, -0.2) is 55.3 Å². The topological polar surface area (TPSA) is 100 Å². The van der Waals surface area contributed by atoms with Crippen LogP contribution in [0.15, 0.2) is 22.9 Å². The average molecular weight is 479 g/mol. The number of anilines is 1. The molecule has 1 N–H and O–H groups in total. The minimum absolute atomic E-state index is 0.136. The van der Waals surface area contributed by atoms with Gasteiger partial charge in [-0.2, -0.15) is 5.10 Å². The second-order valence-corrected chi connectivity index (χ2v) is 10.8. The Kier molecular flexibility index (Phi) is 5.55. The van der Waals surface area contributed by atoms with Gasteiger partial charge >= 0.3 is 0 Å². The standard InChI is InChI=1S/C26H34N6O3/c1-17-8-12-30(15-17)24-18(2)16-32-23(27-24)14-19(28-32)21-7-3-6-11-31(21)25(33)20-13-22(35-29-20)26(34)9-4-5-10-26/h13-14,16-17,21,34H,3-12,15H2,1-2H3/t17-,21-/m0/s1. The smallest absolute Gasteiger partial charge is 0.276 e. The number of likely N-dealkylation sites (tertiary alicyclic amines) is 1. The zero-order valence-corrected chi connectivity index (χ0v) is 20.6. The van der Waals surface area contributed by atoms with Gasteiger partial charge in [0, 0.05) is 43.5 Å². The number of carbonyl (C=O) groups excluding carboxylic acids is 1. The second-order valence-electron chi connectivity index (χ2n) is 10.8. The van der Waals surface area contributed by atoms with Crippen LogP contribution >= 0.6 is 0 Å². The molecule has 0 bridgehead atoms. The van der Waals surface area contributed by atoms with Gasteiger partial charge in [-0.1, -0.05) is 12.1 Å². The monoisotopic (exact) mass is 478 g/mol. The lowest BCUT2D eigenvalue weighted by Crippen LogP contribution is -2.38. The minimum atomic E-state index is -0.997. The molecule has 1 amide bonds. The van der Waals surface area contributed by atoms with E-state index in [1.165, 1.54) is 6.42 Å². The fraction of sp³-hybridized carbons (Fsp3) is 0.615. The van der Waals surface area contributed by atoms with Gasteiger partial charge in [-0.05, 0) is 64.2 Å². The number of carbonyl (C=O) groups is 1. The van der Waals surface area contributed by atoms with E-state index in [-0.39, 0.29) is 17.6 Å². The van der Waals surface area contributed by atoms with E-state index in [1.807, 2.05) is 21.7 Å². The Morgan fingerprint density at radius 1 is 1.14 bits per heavy atom. The largest absolute Gasteiger partial charge is 0.382 e. The second kappa shape index (κ2) is 8.62. The van der Waals surface area contributed by atoms with Crippen LogP contribution in [0.5, 0.6) is 0 Å². The van der Waals surface area contributed by atoms with Crippen LogP contribution in [0.2, 0.25) is 0 Å². The first-order valence-electron chi connectivity index (χ1n) is 13.0. The van der Waals surface area contributed by atoms with Crippen molar-refractivity contribution < 1.29 is 14.4 Å². The number of fused-ring (bicyclic) bond motifs is 1. The number of aryl methyl sites for hydroxylation is 1. The molecule has 5 heterocycles. The van der Waals surface area contributed by atoms with Crippen molar-refractivity contribution >= 4 is 17.4 Å². The molecule has 0 unspecified atom stereocenters. The summed E-state index contributed by atoms with van der Waals surface area (Å²) in [5.41, 5.74) is 2.04. The highest BCUT2D eigenvalue weighted by Gasteiger charge is 2.39. The summed E-state index contributed by atoms with van der Waals surface area (Å²) in [6, 6.07) is 3.52. The van der Waals surface area contributed by atoms with Crippen molar-refractivity contribution in [1.29, 1.82) is 0 Å². The lowest BCUT2D eigenvalue weighted by molar-refractivity contribution is 0.0162. The summed E-state index contributed by atoms with van der Waals surface area (Å²) in [6.45, 7) is 7.08. The minimum Gasteiger partial charge on any atom is -0.382 e. The lowest BCUT2D eigenvalue weighted by atomic mass is 9.97. The van der Waals surface area contributed by atoms with Gasteiger partial charge in [0.25, 0.3) is 5.91 Å². The molecule has 0 spiro atoms. The third-order valence-electron chi connectivity index (χ3n) is 8.07. The summed E-state index contributed by atoms with van der Waals surface area (Å²) in [5.74, 6) is 1.95. The van der Waals surface area contributed by atoms with Crippen molar-refractivity contribution in [3.8, 4) is 0 Å². The molecule has 0 radical (unpaired) electrons. The molecule has 1 saturated carbocycles. The van der Waals surface area contributed by atoms with Crippen molar-refractivity contribution in [3.63, 3.8) is 0 Å². The molecule has 9 nitrogen and oxygen atoms in total. The Morgan fingerprint density at radius 2 is 1.97 bits per heavy atom. The molecule has 2 atom stereocenters. The van der Waals surface area contributed by atoms with Gasteiger partial charge in [0.05, 0.1) is 11.7 Å². The Balaban J connectivity index is 1.28. The number of nitrogens with zero attached hydrogens (tertiary/aromatic N) is 6. The molecule has 186 valence electrons. The molecule has 6 rings (SSSR count). The normalized spacial score (nSPS) is 24.5. The zero-order chi connectivity index (χ0) is 24.2. The van der Waals surface area contributed by atoms with Gasteiger partial charge in [0.2, 0.25) is 0 Å². The highest BCUT2D eigenvalue weighted by molar-refractivity contribution is 5.92. The Bertz CT molecular complexity index is 1240.